The van der Waals surface area contributed by atoms with Crippen LogP contribution in [-0.4, -0.2) is 37.0 Å². The Morgan fingerprint density at radius 1 is 1.18 bits per heavy atom. The summed E-state index contributed by atoms with van der Waals surface area (Å²) in [5, 5.41) is 3.44. The predicted octanol–water partition coefficient (Wildman–Crippen LogP) is 3.79. The number of aryl methyl sites for hydroxylation is 1. The van der Waals surface area contributed by atoms with Crippen LogP contribution in [-0.2, 0) is 0 Å². The minimum Gasteiger partial charge on any atom is -0.339 e. The van der Waals surface area contributed by atoms with Crippen molar-refractivity contribution in [3.05, 3.63) is 33.8 Å². The topological polar surface area (TPSA) is 32.3 Å². The minimum atomic E-state index is 0. The van der Waals surface area contributed by atoms with Crippen LogP contribution in [0.25, 0.3) is 0 Å². The molecule has 1 spiro atoms. The Kier molecular flexibility index (Phi) is 5.92. The van der Waals surface area contributed by atoms with Crippen molar-refractivity contribution in [3.8, 4) is 0 Å². The molecular formula is C17H24BrClN2O. The Balaban J connectivity index is 0.00000176. The number of nitrogens with one attached hydrogen (secondary N) is 1. The molecule has 1 aromatic carbocycles. The molecule has 122 valence electrons. The molecule has 1 amide bonds. The van der Waals surface area contributed by atoms with Crippen LogP contribution in [0.2, 0.25) is 0 Å². The summed E-state index contributed by atoms with van der Waals surface area (Å²) < 4.78 is 0.912. The van der Waals surface area contributed by atoms with Gasteiger partial charge in [0.05, 0.1) is 5.56 Å². The largest absolute Gasteiger partial charge is 0.339 e. The molecule has 22 heavy (non-hydrogen) atoms. The zero-order valence-corrected chi connectivity index (χ0v) is 15.4. The fourth-order valence-electron chi connectivity index (χ4n) is 3.61. The Morgan fingerprint density at radius 2 is 1.82 bits per heavy atom. The second kappa shape index (κ2) is 7.33. The van der Waals surface area contributed by atoms with Crippen LogP contribution in [0, 0.1) is 12.3 Å². The summed E-state index contributed by atoms with van der Waals surface area (Å²) in [6.07, 6.45) is 4.85. The van der Waals surface area contributed by atoms with Crippen LogP contribution in [0.5, 0.6) is 0 Å². The molecule has 0 bridgehead atoms. The normalized spacial score (nSPS) is 20.5. The number of piperidine rings is 2. The number of nitrogens with zero attached hydrogens (tertiary/aromatic N) is 1. The van der Waals surface area contributed by atoms with Crippen molar-refractivity contribution in [1.29, 1.82) is 0 Å². The van der Waals surface area contributed by atoms with Gasteiger partial charge in [-0.3, -0.25) is 4.79 Å². The molecule has 2 aliphatic rings. The quantitative estimate of drug-likeness (QED) is 0.795. The Morgan fingerprint density at radius 3 is 2.41 bits per heavy atom. The van der Waals surface area contributed by atoms with Crippen LogP contribution < -0.4 is 5.32 Å². The summed E-state index contributed by atoms with van der Waals surface area (Å²) in [7, 11) is 0. The van der Waals surface area contributed by atoms with Crippen LogP contribution in [0.3, 0.4) is 0 Å². The molecule has 0 aromatic heterocycles. The van der Waals surface area contributed by atoms with Crippen molar-refractivity contribution in [2.24, 2.45) is 5.41 Å². The molecule has 0 radical (unpaired) electrons. The summed E-state index contributed by atoms with van der Waals surface area (Å²) >= 11 is 3.53. The number of rotatable bonds is 1. The van der Waals surface area contributed by atoms with E-state index in [1.54, 1.807) is 0 Å². The summed E-state index contributed by atoms with van der Waals surface area (Å²) in [5.41, 5.74) is 2.46. The van der Waals surface area contributed by atoms with E-state index in [2.05, 4.69) is 21.2 Å². The van der Waals surface area contributed by atoms with Gasteiger partial charge >= 0.3 is 0 Å². The molecule has 2 heterocycles. The fraction of sp³-hybridized carbons (Fsp3) is 0.588. The lowest BCUT2D eigenvalue weighted by molar-refractivity contribution is 0.0495. The van der Waals surface area contributed by atoms with Crippen molar-refractivity contribution < 1.29 is 4.79 Å². The van der Waals surface area contributed by atoms with E-state index >= 15 is 0 Å². The van der Waals surface area contributed by atoms with E-state index < -0.39 is 0 Å². The monoisotopic (exact) mass is 386 g/mol. The fourth-order valence-corrected chi connectivity index (χ4v) is 4.27. The second-order valence-electron chi connectivity index (χ2n) is 6.53. The van der Waals surface area contributed by atoms with Crippen LogP contribution in [0.4, 0.5) is 0 Å². The van der Waals surface area contributed by atoms with Gasteiger partial charge in [-0.1, -0.05) is 6.07 Å². The minimum absolute atomic E-state index is 0. The molecular weight excluding hydrogens is 364 g/mol. The number of halogens is 2. The second-order valence-corrected chi connectivity index (χ2v) is 7.38. The zero-order chi connectivity index (χ0) is 14.9. The SMILES string of the molecule is Cc1ccc(C(=O)N2CCC3(CCNCC3)CC2)c(Br)c1.Cl. The highest BCUT2D eigenvalue weighted by Crippen LogP contribution is 2.39. The highest BCUT2D eigenvalue weighted by atomic mass is 79.9. The third kappa shape index (κ3) is 3.66. The number of carbonyl (C=O) groups excluding carboxylic acids is 1. The number of hydrogen-bond donors (Lipinski definition) is 1. The lowest BCUT2D eigenvalue weighted by atomic mass is 9.71. The van der Waals surface area contributed by atoms with Gasteiger partial charge in [-0.2, -0.15) is 0 Å². The van der Waals surface area contributed by atoms with Gasteiger partial charge < -0.3 is 10.2 Å². The maximum absolute atomic E-state index is 12.7. The van der Waals surface area contributed by atoms with E-state index in [4.69, 9.17) is 0 Å². The van der Waals surface area contributed by atoms with Gasteiger partial charge in [-0.05, 0) is 84.7 Å². The van der Waals surface area contributed by atoms with E-state index in [1.165, 1.54) is 18.4 Å². The predicted molar refractivity (Wildman–Crippen MR) is 95.8 cm³/mol. The molecule has 0 atom stereocenters. The molecule has 3 rings (SSSR count). The number of hydrogen-bond acceptors (Lipinski definition) is 2. The van der Waals surface area contributed by atoms with Crippen LogP contribution in [0.1, 0.15) is 41.6 Å². The highest BCUT2D eigenvalue weighted by molar-refractivity contribution is 9.10. The molecule has 5 heteroatoms. The summed E-state index contributed by atoms with van der Waals surface area (Å²) in [6.45, 7) is 6.12. The van der Waals surface area contributed by atoms with Crippen LogP contribution >= 0.6 is 28.3 Å². The summed E-state index contributed by atoms with van der Waals surface area (Å²) in [4.78, 5) is 14.7. The Labute approximate surface area is 147 Å². The third-order valence-corrected chi connectivity index (χ3v) is 5.79. The van der Waals surface area contributed by atoms with Gasteiger partial charge in [0.2, 0.25) is 0 Å². The Bertz CT molecular complexity index is 533. The number of likely N-dealkylation sites (tertiary alicyclic amines) is 1. The van der Waals surface area contributed by atoms with E-state index in [0.29, 0.717) is 5.41 Å². The first-order valence-electron chi connectivity index (χ1n) is 7.86. The molecule has 1 N–H and O–H groups in total. The molecule has 3 nitrogen and oxygen atoms in total. The van der Waals surface area contributed by atoms with E-state index in [1.807, 2.05) is 30.0 Å². The maximum atomic E-state index is 12.7. The van der Waals surface area contributed by atoms with Crippen molar-refractivity contribution in [3.63, 3.8) is 0 Å². The Hall–Kier alpha value is -0.580. The first-order valence-corrected chi connectivity index (χ1v) is 8.65. The van der Waals surface area contributed by atoms with Crippen molar-refractivity contribution in [2.75, 3.05) is 26.2 Å². The van der Waals surface area contributed by atoms with Crippen molar-refractivity contribution in [1.82, 2.24) is 10.2 Å². The lowest BCUT2D eigenvalue weighted by Crippen LogP contribution is -2.47. The van der Waals surface area contributed by atoms with Gasteiger partial charge in [0, 0.05) is 17.6 Å². The number of carbonyl (C=O) groups is 1. The maximum Gasteiger partial charge on any atom is 0.254 e. The van der Waals surface area contributed by atoms with Crippen molar-refractivity contribution >= 4 is 34.2 Å². The van der Waals surface area contributed by atoms with Crippen LogP contribution in [0.15, 0.2) is 22.7 Å². The smallest absolute Gasteiger partial charge is 0.254 e. The lowest BCUT2D eigenvalue weighted by Gasteiger charge is -2.44. The van der Waals surface area contributed by atoms with Gasteiger partial charge in [-0.15, -0.1) is 12.4 Å². The zero-order valence-electron chi connectivity index (χ0n) is 13.0. The first-order chi connectivity index (χ1) is 10.1. The van der Waals surface area contributed by atoms with Crippen molar-refractivity contribution in [2.45, 2.75) is 32.6 Å². The molecule has 1 aromatic rings. The molecule has 2 fully saturated rings. The number of amides is 1. The van der Waals surface area contributed by atoms with E-state index in [9.17, 15) is 4.79 Å². The first kappa shape index (κ1) is 17.8. The van der Waals surface area contributed by atoms with Gasteiger partial charge in [0.15, 0.2) is 0 Å². The standard InChI is InChI=1S/C17H23BrN2O.ClH/c1-13-2-3-14(15(18)12-13)16(21)20-10-6-17(7-11-20)4-8-19-9-5-17;/h2-3,12,19H,4-11H2,1H3;1H. The molecule has 0 aliphatic carbocycles. The van der Waals surface area contributed by atoms with Gasteiger partial charge in [0.25, 0.3) is 5.91 Å². The average Bonchev–Trinajstić information content (AvgIpc) is 2.48. The third-order valence-electron chi connectivity index (χ3n) is 5.13. The van der Waals surface area contributed by atoms with Gasteiger partial charge in [0.1, 0.15) is 0 Å². The molecule has 0 saturated carbocycles. The number of benzene rings is 1. The van der Waals surface area contributed by atoms with Gasteiger partial charge in [-0.25, -0.2) is 0 Å². The summed E-state index contributed by atoms with van der Waals surface area (Å²) in [6, 6.07) is 5.97. The van der Waals surface area contributed by atoms with E-state index in [-0.39, 0.29) is 18.3 Å². The highest BCUT2D eigenvalue weighted by Gasteiger charge is 2.36. The molecule has 2 aliphatic heterocycles. The average molecular weight is 388 g/mol. The molecule has 0 unspecified atom stereocenters. The summed E-state index contributed by atoms with van der Waals surface area (Å²) in [5.74, 6) is 0.172. The molecule has 2 saturated heterocycles. The van der Waals surface area contributed by atoms with E-state index in [0.717, 1.165) is 49.1 Å².